The van der Waals surface area contributed by atoms with Gasteiger partial charge in [0.05, 0.1) is 156 Å². The van der Waals surface area contributed by atoms with Gasteiger partial charge in [-0.05, 0) is 147 Å². The predicted molar refractivity (Wildman–Crippen MR) is 520 cm³/mol. The summed E-state index contributed by atoms with van der Waals surface area (Å²) in [5, 5.41) is 91.6. The van der Waals surface area contributed by atoms with Crippen molar-refractivity contribution in [1.82, 2.24) is 135 Å². The number of carbonyl (C=O) groups excluding carboxylic acids is 1. The van der Waals surface area contributed by atoms with Crippen LogP contribution in [-0.2, 0) is 46.6 Å². The van der Waals surface area contributed by atoms with Crippen LogP contribution in [0.4, 0.5) is 68.3 Å². The Kier molecular flexibility index (Phi) is 26.9. The van der Waals surface area contributed by atoms with Crippen LogP contribution in [-0.4, -0.2) is 183 Å². The molecule has 10 aromatic carbocycles. The lowest BCUT2D eigenvalue weighted by molar-refractivity contribution is 0.0935. The number of H-pyrrole nitrogens is 5. The van der Waals surface area contributed by atoms with E-state index in [0.29, 0.717) is 130 Å². The van der Waals surface area contributed by atoms with Gasteiger partial charge < -0.3 is 56.7 Å². The summed E-state index contributed by atoms with van der Waals surface area (Å²) in [6.45, 7) is 2.37. The van der Waals surface area contributed by atoms with Crippen LogP contribution in [0.25, 0.3) is 111 Å². The van der Waals surface area contributed by atoms with E-state index in [1.807, 2.05) is 142 Å². The molecule has 13 N–H and O–H groups in total. The van der Waals surface area contributed by atoms with Gasteiger partial charge in [-0.3, -0.25) is 30.3 Å². The van der Waals surface area contributed by atoms with Crippen LogP contribution in [0.3, 0.4) is 0 Å². The third-order valence-electron chi connectivity index (χ3n) is 21.6. The first-order valence-electron chi connectivity index (χ1n) is 41.4. The molecule has 1 fully saturated rings. The highest BCUT2D eigenvalue weighted by molar-refractivity contribution is 6.40. The highest BCUT2D eigenvalue weighted by atomic mass is 35.5. The number of nitrogens with zero attached hydrogens (tertiary/aromatic N) is 22. The third kappa shape index (κ3) is 20.1. The van der Waals surface area contributed by atoms with E-state index in [0.717, 1.165) is 113 Å². The first kappa shape index (κ1) is 90.8. The molecular weight excluding hydrogens is 1830 g/mol. The molecule has 11 heterocycles. The number of hydrogen-bond acceptors (Lipinski definition) is 27. The van der Waals surface area contributed by atoms with Crippen molar-refractivity contribution in [2.24, 2.45) is 35.2 Å². The fraction of sp³-hybridized carbons (Fsp3) is 0.154. The van der Waals surface area contributed by atoms with Crippen LogP contribution in [0.5, 0.6) is 11.5 Å². The molecule has 1 aliphatic heterocycles. The molecule has 135 heavy (non-hydrogen) atoms. The number of aryl methyl sites for hydroxylation is 5. The number of hydrogen-bond donors (Lipinski definition) is 12. The maximum Gasteiger partial charge on any atom is 0.255 e. The van der Waals surface area contributed by atoms with Crippen LogP contribution < -0.4 is 47.1 Å². The zero-order valence-electron chi connectivity index (χ0n) is 73.3. The van der Waals surface area contributed by atoms with Crippen molar-refractivity contribution >= 4 is 182 Å². The minimum atomic E-state index is -0.430. The van der Waals surface area contributed by atoms with Crippen molar-refractivity contribution in [3.63, 3.8) is 0 Å². The number of halogens is 6. The Morgan fingerprint density at radius 2 is 0.830 bits per heavy atom. The number of likely N-dealkylation sites (N-methyl/N-ethyl adjacent to an activating group) is 1. The summed E-state index contributed by atoms with van der Waals surface area (Å²) in [7, 11) is 15.7. The molecule has 1 aliphatic rings. The van der Waals surface area contributed by atoms with Crippen molar-refractivity contribution in [2.45, 2.75) is 19.1 Å². The Labute approximate surface area is 792 Å². The van der Waals surface area contributed by atoms with E-state index >= 15 is 0 Å². The lowest BCUT2D eigenvalue weighted by Crippen LogP contribution is -2.36. The van der Waals surface area contributed by atoms with E-state index in [1.165, 1.54) is 17.9 Å². The zero-order chi connectivity index (χ0) is 94.2. The standard InChI is InChI=1S/C23H25ClN8O2.C18H17ClN6O.C17H14ClFN6O.C17H12ClN7.C16H14ClN7/c1-31-9-8-14(12-31)26-22(33)15-5-4-13(10-19(15)34-3)21-28-23(32(2)30-21)27-18-7-6-17-16(20(18)24)11-25-29-17;1-25-18(21-15-7-6-14-13(16(15)19)9-20-23-14)22-17(24-25)12-5-3-4-11(8-12)10-26-2;1-25-17(21-14-6-5-13-11(15(14)18)8-20-23-13)22-16(24-25)10-7-9(26-2)3-4-12(10)19;1-25-17(21-14-6-5-13-12(15(14)18)9-20-23-13)22-16(24-25)11-4-2-3-10(7-11)8-19;1-24-16(21-15(23-24)9-3-2-4-10(18)7-9)20-13-6-5-12-11(14(13)17)8-19-22-12/h4-7,10-11,14H,8-9,12H2,1-3H3,(H,25,29)(H,26,33)(H,27,28,30);3-9H,10H2,1-2H3,(H,20,23)(H,21,22,24);3-8H,1-2H3,(H,20,23)(H,21,22,24);2-7,9H,1H3,(H,20,23)(H,21,22,24);2-8H,18H2,1H3,(H,19,22)(H,20,21,23). The number of aromatic nitrogens is 25. The van der Waals surface area contributed by atoms with Crippen molar-refractivity contribution in [2.75, 3.05) is 73.8 Å². The van der Waals surface area contributed by atoms with E-state index in [-0.39, 0.29) is 23.3 Å². The minimum absolute atomic E-state index is 0.140. The minimum Gasteiger partial charge on any atom is -0.497 e. The van der Waals surface area contributed by atoms with Gasteiger partial charge in [0.1, 0.15) is 17.3 Å². The normalized spacial score (nSPS) is 12.3. The lowest BCUT2D eigenvalue weighted by Gasteiger charge is -2.15. The Balaban J connectivity index is 0.000000118. The van der Waals surface area contributed by atoms with Gasteiger partial charge in [-0.15, -0.1) is 25.5 Å². The molecule has 1 saturated heterocycles. The molecule has 1 unspecified atom stereocenters. The topological polar surface area (TPSA) is 467 Å². The maximum absolute atomic E-state index is 14.2. The highest BCUT2D eigenvalue weighted by Crippen LogP contribution is 2.40. The molecule has 21 rings (SSSR count). The lowest BCUT2D eigenvalue weighted by atomic mass is 10.1. The molecule has 10 aromatic heterocycles. The first-order chi connectivity index (χ1) is 65.4. The van der Waals surface area contributed by atoms with Gasteiger partial charge in [0, 0.05) is 110 Å². The Bertz CT molecular complexity index is 7790. The number of nitrogens with one attached hydrogen (secondary N) is 11. The fourth-order valence-electron chi connectivity index (χ4n) is 14.6. The molecule has 682 valence electrons. The van der Waals surface area contributed by atoms with Gasteiger partial charge in [-0.25, -0.2) is 27.8 Å². The molecular formula is C91H82Cl5FN34O4. The van der Waals surface area contributed by atoms with Crippen LogP contribution in [0, 0.1) is 17.1 Å². The van der Waals surface area contributed by atoms with E-state index in [9.17, 15) is 9.18 Å². The summed E-state index contributed by atoms with van der Waals surface area (Å²) in [6.07, 6.45) is 9.34. The second-order valence-corrected chi connectivity index (χ2v) is 32.7. The number of benzene rings is 10. The second kappa shape index (κ2) is 39.9. The average molecular weight is 1910 g/mol. The largest absolute Gasteiger partial charge is 0.497 e. The number of nitriles is 1. The number of carbonyl (C=O) groups is 1. The quantitative estimate of drug-likeness (QED) is 0.0297. The first-order valence-corrected chi connectivity index (χ1v) is 43.3. The van der Waals surface area contributed by atoms with E-state index in [1.54, 1.807) is 128 Å². The number of nitrogen functional groups attached to an aromatic ring is 1. The molecule has 0 radical (unpaired) electrons. The molecule has 1 atom stereocenters. The number of rotatable bonds is 21. The Morgan fingerprint density at radius 1 is 0.452 bits per heavy atom. The van der Waals surface area contributed by atoms with Crippen molar-refractivity contribution < 1.29 is 23.4 Å². The fourth-order valence-corrected chi connectivity index (χ4v) is 15.9. The van der Waals surface area contributed by atoms with Crippen molar-refractivity contribution in [3.05, 3.63) is 248 Å². The number of aromatic amines is 5. The summed E-state index contributed by atoms with van der Waals surface area (Å²) in [5.74, 6) is 5.57. The summed E-state index contributed by atoms with van der Waals surface area (Å²) in [4.78, 5) is 37.7. The monoisotopic (exact) mass is 1910 g/mol. The number of amides is 1. The van der Waals surface area contributed by atoms with Gasteiger partial charge in [0.25, 0.3) is 5.91 Å². The Hall–Kier alpha value is -16.1. The number of ether oxygens (including phenoxy) is 3. The summed E-state index contributed by atoms with van der Waals surface area (Å²) < 4.78 is 38.1. The van der Waals surface area contributed by atoms with Gasteiger partial charge >= 0.3 is 0 Å². The molecule has 38 nitrogen and oxygen atoms in total. The van der Waals surface area contributed by atoms with Crippen molar-refractivity contribution in [3.8, 4) is 74.5 Å². The van der Waals surface area contributed by atoms with Crippen LogP contribution in [0.1, 0.15) is 27.9 Å². The van der Waals surface area contributed by atoms with E-state index < -0.39 is 5.82 Å². The van der Waals surface area contributed by atoms with Gasteiger partial charge in [-0.2, -0.15) is 55.7 Å². The number of methoxy groups -OCH3 is 3. The van der Waals surface area contributed by atoms with Gasteiger partial charge in [-0.1, -0.05) is 107 Å². The van der Waals surface area contributed by atoms with Crippen LogP contribution in [0.2, 0.25) is 25.1 Å². The molecule has 1 amide bonds. The smallest absolute Gasteiger partial charge is 0.255 e. The zero-order valence-corrected chi connectivity index (χ0v) is 77.1. The Morgan fingerprint density at radius 3 is 1.21 bits per heavy atom. The third-order valence-corrected chi connectivity index (χ3v) is 23.6. The predicted octanol–water partition coefficient (Wildman–Crippen LogP) is 18.0. The highest BCUT2D eigenvalue weighted by Gasteiger charge is 2.26. The van der Waals surface area contributed by atoms with Crippen LogP contribution >= 0.6 is 58.0 Å². The molecule has 0 spiro atoms. The maximum atomic E-state index is 14.2. The van der Waals surface area contributed by atoms with Crippen LogP contribution in [0.15, 0.2) is 201 Å². The number of anilines is 11. The molecule has 0 bridgehead atoms. The second-order valence-electron chi connectivity index (χ2n) is 30.8. The summed E-state index contributed by atoms with van der Waals surface area (Å²) in [6, 6.07) is 53.4. The average Bonchev–Trinajstić information content (AvgIpc) is 1.63. The van der Waals surface area contributed by atoms with Gasteiger partial charge in [0.2, 0.25) is 29.7 Å². The molecule has 0 aliphatic carbocycles. The van der Waals surface area contributed by atoms with Gasteiger partial charge in [0.15, 0.2) is 29.1 Å². The van der Waals surface area contributed by atoms with E-state index in [2.05, 4.69) is 144 Å². The molecule has 20 aromatic rings. The number of likely N-dealkylation sites (tertiary alicyclic amines) is 1. The number of fused-ring (bicyclic) bond motifs is 5. The number of nitrogens with two attached hydrogens (primary N) is 1. The summed E-state index contributed by atoms with van der Waals surface area (Å²) in [5.41, 5.74) is 20.0. The molecule has 0 saturated carbocycles. The summed E-state index contributed by atoms with van der Waals surface area (Å²) >= 11 is 32.3. The van der Waals surface area contributed by atoms with Crippen molar-refractivity contribution in [1.29, 1.82) is 5.26 Å². The van der Waals surface area contributed by atoms with E-state index in [4.69, 9.17) is 83.2 Å². The molecule has 44 heteroatoms. The SMILES string of the molecule is COCc1cccc(-c2nc(Nc3ccc4[nH]ncc4c3Cl)n(C)n2)c1.COc1cc(-c2nc(Nc3ccc4[nH]ncc4c3Cl)n(C)n2)ccc1C(=O)NC1CCN(C)C1.COc1ccc(F)c(-c2nc(Nc3ccc4[nH]ncc4c3Cl)n(C)n2)c1.Cn1nc(-c2cccc(C#N)c2)nc1Nc1ccc2[nH]ncc2c1Cl.Cn1nc(-c2cccc(N)c2)nc1Nc1ccc2[nH]ncc2c1Cl.